The maximum Gasteiger partial charge on any atom is 0.312 e. The average molecular weight is 172 g/mol. The zero-order chi connectivity index (χ0) is 9.14. The maximum atomic E-state index is 10.7. The number of amides is 2. The Morgan fingerprint density at radius 1 is 1.92 bits per heavy atom. The van der Waals surface area contributed by atoms with Gasteiger partial charge in [-0.15, -0.1) is 0 Å². The lowest BCUT2D eigenvalue weighted by molar-refractivity contribution is -0.808. The van der Waals surface area contributed by atoms with Crippen LogP contribution in [0.15, 0.2) is 4.63 Å². The Bertz CT molecular complexity index is 275. The summed E-state index contributed by atoms with van der Waals surface area (Å²) in [6, 6.07) is -0.699. The molecule has 66 valence electrons. The summed E-state index contributed by atoms with van der Waals surface area (Å²) in [5.41, 5.74) is 5.47. The minimum absolute atomic E-state index is 0.0220. The van der Waals surface area contributed by atoms with Gasteiger partial charge in [-0.1, -0.05) is 0 Å². The molecule has 2 amide bonds. The first-order valence-electron chi connectivity index (χ1n) is 3.19. The van der Waals surface area contributed by atoms with Crippen molar-refractivity contribution in [2.45, 2.75) is 13.5 Å². The van der Waals surface area contributed by atoms with Crippen LogP contribution in [-0.2, 0) is 6.54 Å². The first-order valence-corrected chi connectivity index (χ1v) is 3.19. The number of hydrogen-bond acceptors (Lipinski definition) is 4. The smallest absolute Gasteiger partial charge is 0.312 e. The second-order valence-corrected chi connectivity index (χ2v) is 2.18. The SMILES string of the molecule is Cc1no[n+]([O-])c1CNC(N)=O. The third-order valence-corrected chi connectivity index (χ3v) is 1.32. The number of carbonyl (C=O) groups is 1. The van der Waals surface area contributed by atoms with E-state index < -0.39 is 6.03 Å². The minimum Gasteiger partial charge on any atom is -0.359 e. The molecule has 0 fully saturated rings. The number of urea groups is 1. The molecule has 0 aliphatic heterocycles. The van der Waals surface area contributed by atoms with Gasteiger partial charge in [0.15, 0.2) is 0 Å². The number of rotatable bonds is 2. The first kappa shape index (κ1) is 8.31. The summed E-state index contributed by atoms with van der Waals surface area (Å²) in [7, 11) is 0. The van der Waals surface area contributed by atoms with Crippen molar-refractivity contribution in [1.29, 1.82) is 0 Å². The summed E-state index contributed by atoms with van der Waals surface area (Å²) in [6.07, 6.45) is 0. The largest absolute Gasteiger partial charge is 0.359 e. The van der Waals surface area contributed by atoms with Crippen LogP contribution in [0.1, 0.15) is 11.4 Å². The standard InChI is InChI=1S/C5H8N4O3/c1-3-4(2-7-5(6)10)9(11)12-8-3/h2H2,1H3,(H3,6,7,10). The van der Waals surface area contributed by atoms with E-state index in [-0.39, 0.29) is 17.1 Å². The van der Waals surface area contributed by atoms with E-state index in [1.54, 1.807) is 6.92 Å². The van der Waals surface area contributed by atoms with Gasteiger partial charge in [0.2, 0.25) is 11.4 Å². The Morgan fingerprint density at radius 2 is 2.58 bits per heavy atom. The fraction of sp³-hybridized carbons (Fsp3) is 0.400. The minimum atomic E-state index is -0.699. The second-order valence-electron chi connectivity index (χ2n) is 2.18. The van der Waals surface area contributed by atoms with Gasteiger partial charge < -0.3 is 16.3 Å². The highest BCUT2D eigenvalue weighted by Crippen LogP contribution is 1.96. The molecule has 0 atom stereocenters. The molecule has 0 saturated heterocycles. The fourth-order valence-electron chi connectivity index (χ4n) is 0.696. The topological polar surface area (TPSA) is 108 Å². The molecule has 0 radical (unpaired) electrons. The summed E-state index contributed by atoms with van der Waals surface area (Å²) in [5.74, 6) is 0. The third kappa shape index (κ3) is 1.62. The summed E-state index contributed by atoms with van der Waals surface area (Å²) in [5, 5.41) is 16.4. The highest BCUT2D eigenvalue weighted by atomic mass is 16.8. The van der Waals surface area contributed by atoms with Crippen LogP contribution in [0, 0.1) is 12.1 Å². The predicted molar refractivity (Wildman–Crippen MR) is 36.6 cm³/mol. The van der Waals surface area contributed by atoms with Gasteiger partial charge in [-0.25, -0.2) is 4.79 Å². The molecule has 1 aromatic rings. The number of primary amides is 1. The molecule has 1 rings (SSSR count). The van der Waals surface area contributed by atoms with Crippen molar-refractivity contribution in [3.63, 3.8) is 0 Å². The van der Waals surface area contributed by atoms with E-state index in [4.69, 9.17) is 5.73 Å². The Morgan fingerprint density at radius 3 is 3.00 bits per heavy atom. The van der Waals surface area contributed by atoms with Gasteiger partial charge in [-0.3, -0.25) is 4.63 Å². The molecule has 0 aliphatic rings. The fourth-order valence-corrected chi connectivity index (χ4v) is 0.696. The van der Waals surface area contributed by atoms with Crippen molar-refractivity contribution in [2.24, 2.45) is 5.73 Å². The van der Waals surface area contributed by atoms with E-state index in [1.807, 2.05) is 0 Å². The number of aryl methyl sites for hydroxylation is 1. The molecule has 0 aliphatic carbocycles. The second kappa shape index (κ2) is 3.07. The Labute approximate surface area is 67.7 Å². The summed E-state index contributed by atoms with van der Waals surface area (Å²) >= 11 is 0. The Kier molecular flexibility index (Phi) is 2.13. The van der Waals surface area contributed by atoms with Gasteiger partial charge in [0, 0.05) is 12.1 Å². The van der Waals surface area contributed by atoms with Crippen molar-refractivity contribution in [2.75, 3.05) is 0 Å². The van der Waals surface area contributed by atoms with E-state index in [0.29, 0.717) is 5.69 Å². The van der Waals surface area contributed by atoms with E-state index in [2.05, 4.69) is 15.1 Å². The number of aromatic nitrogens is 2. The summed E-state index contributed by atoms with van der Waals surface area (Å²) < 4.78 is 4.25. The van der Waals surface area contributed by atoms with Crippen molar-refractivity contribution in [3.8, 4) is 0 Å². The van der Waals surface area contributed by atoms with Crippen LogP contribution in [0.5, 0.6) is 0 Å². The van der Waals surface area contributed by atoms with Crippen LogP contribution < -0.4 is 16.0 Å². The van der Waals surface area contributed by atoms with Crippen LogP contribution in [0.25, 0.3) is 0 Å². The molecule has 1 heterocycles. The van der Waals surface area contributed by atoms with Gasteiger partial charge in [-0.2, -0.15) is 0 Å². The van der Waals surface area contributed by atoms with Gasteiger partial charge in [0.05, 0.1) is 6.54 Å². The van der Waals surface area contributed by atoms with Gasteiger partial charge in [0.1, 0.15) is 0 Å². The van der Waals surface area contributed by atoms with E-state index in [1.165, 1.54) is 0 Å². The van der Waals surface area contributed by atoms with E-state index >= 15 is 0 Å². The number of nitrogens with one attached hydrogen (secondary N) is 1. The van der Waals surface area contributed by atoms with Crippen molar-refractivity contribution in [3.05, 3.63) is 16.6 Å². The third-order valence-electron chi connectivity index (χ3n) is 1.32. The molecule has 0 bridgehead atoms. The van der Waals surface area contributed by atoms with Crippen LogP contribution in [0.3, 0.4) is 0 Å². The monoisotopic (exact) mass is 172 g/mol. The molecule has 1 aromatic heterocycles. The number of carbonyl (C=O) groups excluding carboxylic acids is 1. The average Bonchev–Trinajstić information content (AvgIpc) is 2.28. The van der Waals surface area contributed by atoms with Crippen LogP contribution in [0.2, 0.25) is 0 Å². The summed E-state index contributed by atoms with van der Waals surface area (Å²) in [4.78, 5) is 10.5. The quantitative estimate of drug-likeness (QED) is 0.545. The molecule has 3 N–H and O–H groups in total. The number of hydrogen-bond donors (Lipinski definition) is 2. The van der Waals surface area contributed by atoms with Crippen molar-refractivity contribution >= 4 is 6.03 Å². The molecule has 0 unspecified atom stereocenters. The Hall–Kier alpha value is -1.79. The van der Waals surface area contributed by atoms with Crippen molar-refractivity contribution < 1.29 is 14.3 Å². The van der Waals surface area contributed by atoms with E-state index in [9.17, 15) is 10.0 Å². The lowest BCUT2D eigenvalue weighted by Gasteiger charge is -1.96. The highest BCUT2D eigenvalue weighted by Gasteiger charge is 2.13. The number of nitrogens with two attached hydrogens (primary N) is 1. The first-order chi connectivity index (χ1) is 5.61. The zero-order valence-electron chi connectivity index (χ0n) is 6.40. The van der Waals surface area contributed by atoms with Gasteiger partial charge in [0.25, 0.3) is 0 Å². The van der Waals surface area contributed by atoms with Gasteiger partial charge in [-0.05, 0) is 4.90 Å². The lowest BCUT2D eigenvalue weighted by Crippen LogP contribution is -2.36. The van der Waals surface area contributed by atoms with Gasteiger partial charge >= 0.3 is 6.03 Å². The lowest BCUT2D eigenvalue weighted by atomic mass is 10.3. The molecule has 12 heavy (non-hydrogen) atoms. The normalized spacial score (nSPS) is 9.75. The van der Waals surface area contributed by atoms with Crippen LogP contribution >= 0.6 is 0 Å². The number of nitrogens with zero attached hydrogens (tertiary/aromatic N) is 2. The molecular weight excluding hydrogens is 164 g/mol. The molecular formula is C5H8N4O3. The predicted octanol–water partition coefficient (Wildman–Crippen LogP) is -1.22. The van der Waals surface area contributed by atoms with E-state index in [0.717, 1.165) is 0 Å². The molecule has 0 saturated carbocycles. The van der Waals surface area contributed by atoms with Crippen molar-refractivity contribution in [1.82, 2.24) is 10.5 Å². The highest BCUT2D eigenvalue weighted by molar-refractivity contribution is 5.71. The summed E-state index contributed by atoms with van der Waals surface area (Å²) in [6.45, 7) is 1.62. The van der Waals surface area contributed by atoms with Crippen LogP contribution in [-0.4, -0.2) is 11.2 Å². The maximum absolute atomic E-state index is 10.7. The van der Waals surface area contributed by atoms with Crippen LogP contribution in [0.4, 0.5) is 4.79 Å². The molecule has 0 aromatic carbocycles. The zero-order valence-corrected chi connectivity index (χ0v) is 6.40. The molecule has 0 spiro atoms. The Balaban J connectivity index is 2.68. The molecule has 7 nitrogen and oxygen atoms in total. The molecule has 7 heteroatoms.